The first kappa shape index (κ1) is 21.2. The maximum atomic E-state index is 13.3. The molecule has 2 heterocycles. The zero-order valence-electron chi connectivity index (χ0n) is 18.0. The standard InChI is InChI=1S/C23H32N2O4/c1-5-6-7-13-25-22(26)20(17-10-11-18(28-3)19(14-17)29-4)21(23(25)27)24-12-8-9-16(2)15-24/h10-11,14,16H,5-9,12-13,15H2,1-4H3. The van der Waals surface area contributed by atoms with Gasteiger partial charge >= 0.3 is 0 Å². The molecule has 29 heavy (non-hydrogen) atoms. The largest absolute Gasteiger partial charge is 0.493 e. The number of benzene rings is 1. The van der Waals surface area contributed by atoms with Gasteiger partial charge in [0.2, 0.25) is 0 Å². The van der Waals surface area contributed by atoms with Crippen molar-refractivity contribution in [3.63, 3.8) is 0 Å². The number of piperidine rings is 1. The summed E-state index contributed by atoms with van der Waals surface area (Å²) in [4.78, 5) is 30.2. The van der Waals surface area contributed by atoms with Crippen molar-refractivity contribution >= 4 is 17.4 Å². The second kappa shape index (κ2) is 9.33. The van der Waals surface area contributed by atoms with Gasteiger partial charge in [-0.1, -0.05) is 32.8 Å². The van der Waals surface area contributed by atoms with Crippen LogP contribution in [-0.4, -0.2) is 55.5 Å². The van der Waals surface area contributed by atoms with Gasteiger partial charge in [-0.15, -0.1) is 0 Å². The highest BCUT2D eigenvalue weighted by atomic mass is 16.5. The van der Waals surface area contributed by atoms with Gasteiger partial charge in [-0.3, -0.25) is 14.5 Å². The van der Waals surface area contributed by atoms with E-state index in [9.17, 15) is 9.59 Å². The van der Waals surface area contributed by atoms with E-state index >= 15 is 0 Å². The van der Waals surface area contributed by atoms with Crippen LogP contribution in [0, 0.1) is 5.92 Å². The SMILES string of the molecule is CCCCCN1C(=O)C(c2ccc(OC)c(OC)c2)=C(N2CCCC(C)C2)C1=O. The van der Waals surface area contributed by atoms with Crippen LogP contribution in [0.15, 0.2) is 23.9 Å². The molecule has 0 saturated carbocycles. The Morgan fingerprint density at radius 2 is 1.83 bits per heavy atom. The van der Waals surface area contributed by atoms with Crippen molar-refractivity contribution in [3.8, 4) is 11.5 Å². The molecule has 2 aliphatic rings. The van der Waals surface area contributed by atoms with Crippen LogP contribution in [-0.2, 0) is 9.59 Å². The fourth-order valence-corrected chi connectivity index (χ4v) is 4.22. The number of hydrogen-bond acceptors (Lipinski definition) is 5. The van der Waals surface area contributed by atoms with Crippen molar-refractivity contribution in [1.29, 1.82) is 0 Å². The number of unbranched alkanes of at least 4 members (excludes halogenated alkanes) is 2. The third-order valence-electron chi connectivity index (χ3n) is 5.77. The van der Waals surface area contributed by atoms with Crippen molar-refractivity contribution in [2.45, 2.75) is 46.0 Å². The normalized spacial score (nSPS) is 19.9. The van der Waals surface area contributed by atoms with Crippen LogP contribution < -0.4 is 9.47 Å². The fraction of sp³-hybridized carbons (Fsp3) is 0.565. The summed E-state index contributed by atoms with van der Waals surface area (Å²) in [6.07, 6.45) is 5.05. The topological polar surface area (TPSA) is 59.1 Å². The highest BCUT2D eigenvalue weighted by Gasteiger charge is 2.42. The van der Waals surface area contributed by atoms with E-state index in [-0.39, 0.29) is 11.8 Å². The van der Waals surface area contributed by atoms with Crippen LogP contribution in [0.4, 0.5) is 0 Å². The Bertz CT molecular complexity index is 802. The quantitative estimate of drug-likeness (QED) is 0.492. The van der Waals surface area contributed by atoms with E-state index in [0.29, 0.717) is 40.8 Å². The summed E-state index contributed by atoms with van der Waals surface area (Å²) in [5, 5.41) is 0. The van der Waals surface area contributed by atoms with Crippen molar-refractivity contribution < 1.29 is 19.1 Å². The predicted molar refractivity (Wildman–Crippen MR) is 113 cm³/mol. The molecule has 0 aromatic heterocycles. The predicted octanol–water partition coefficient (Wildman–Crippen LogP) is 3.71. The van der Waals surface area contributed by atoms with E-state index in [1.165, 1.54) is 4.90 Å². The fourth-order valence-electron chi connectivity index (χ4n) is 4.22. The summed E-state index contributed by atoms with van der Waals surface area (Å²) >= 11 is 0. The number of likely N-dealkylation sites (tertiary alicyclic amines) is 1. The number of rotatable bonds is 8. The molecule has 0 spiro atoms. The molecule has 158 valence electrons. The molecule has 2 amide bonds. The first-order valence-electron chi connectivity index (χ1n) is 10.6. The highest BCUT2D eigenvalue weighted by Crippen LogP contribution is 2.37. The molecule has 1 saturated heterocycles. The highest BCUT2D eigenvalue weighted by molar-refractivity contribution is 6.35. The molecule has 0 bridgehead atoms. The monoisotopic (exact) mass is 400 g/mol. The number of carbonyl (C=O) groups is 2. The van der Waals surface area contributed by atoms with Crippen LogP contribution >= 0.6 is 0 Å². The van der Waals surface area contributed by atoms with Crippen molar-refractivity contribution in [3.05, 3.63) is 29.5 Å². The van der Waals surface area contributed by atoms with Gasteiger partial charge in [-0.25, -0.2) is 0 Å². The lowest BCUT2D eigenvalue weighted by atomic mass is 9.97. The molecular weight excluding hydrogens is 368 g/mol. The van der Waals surface area contributed by atoms with Gasteiger partial charge in [-0.2, -0.15) is 0 Å². The van der Waals surface area contributed by atoms with Crippen LogP contribution in [0.3, 0.4) is 0 Å². The van der Waals surface area contributed by atoms with Gasteiger partial charge in [0, 0.05) is 19.6 Å². The Morgan fingerprint density at radius 1 is 1.07 bits per heavy atom. The zero-order chi connectivity index (χ0) is 21.0. The molecule has 1 unspecified atom stereocenters. The van der Waals surface area contributed by atoms with Crippen molar-refractivity contribution in [2.24, 2.45) is 5.92 Å². The molecule has 6 nitrogen and oxygen atoms in total. The number of ether oxygens (including phenoxy) is 2. The van der Waals surface area contributed by atoms with Gasteiger partial charge in [0.25, 0.3) is 11.8 Å². The molecule has 6 heteroatoms. The maximum Gasteiger partial charge on any atom is 0.277 e. The lowest BCUT2D eigenvalue weighted by molar-refractivity contribution is -0.137. The molecular formula is C23H32N2O4. The summed E-state index contributed by atoms with van der Waals surface area (Å²) in [6, 6.07) is 5.42. The Labute approximate surface area is 173 Å². The summed E-state index contributed by atoms with van der Waals surface area (Å²) in [7, 11) is 3.15. The van der Waals surface area contributed by atoms with E-state index < -0.39 is 0 Å². The Kier molecular flexibility index (Phi) is 6.83. The molecule has 1 fully saturated rings. The third kappa shape index (κ3) is 4.26. The molecule has 1 aromatic rings. The van der Waals surface area contributed by atoms with Gasteiger partial charge < -0.3 is 14.4 Å². The van der Waals surface area contributed by atoms with Crippen LogP contribution in [0.5, 0.6) is 11.5 Å². The van der Waals surface area contributed by atoms with Gasteiger partial charge in [0.05, 0.1) is 19.8 Å². The smallest absolute Gasteiger partial charge is 0.277 e. The molecule has 0 radical (unpaired) electrons. The minimum atomic E-state index is -0.202. The molecule has 1 aromatic carbocycles. The molecule has 3 rings (SSSR count). The summed E-state index contributed by atoms with van der Waals surface area (Å²) in [6.45, 7) is 6.38. The van der Waals surface area contributed by atoms with E-state index in [0.717, 1.165) is 45.2 Å². The zero-order valence-corrected chi connectivity index (χ0v) is 18.0. The first-order chi connectivity index (χ1) is 14.0. The van der Waals surface area contributed by atoms with Crippen LogP contribution in [0.1, 0.15) is 51.5 Å². The Hall–Kier alpha value is -2.50. The third-order valence-corrected chi connectivity index (χ3v) is 5.77. The van der Waals surface area contributed by atoms with E-state index in [1.54, 1.807) is 26.4 Å². The van der Waals surface area contributed by atoms with Crippen molar-refractivity contribution in [2.75, 3.05) is 33.9 Å². The molecule has 2 aliphatic heterocycles. The van der Waals surface area contributed by atoms with E-state index in [2.05, 4.69) is 18.7 Å². The lowest BCUT2D eigenvalue weighted by Crippen LogP contribution is -2.39. The minimum absolute atomic E-state index is 0.162. The van der Waals surface area contributed by atoms with Crippen molar-refractivity contribution in [1.82, 2.24) is 9.80 Å². The molecule has 0 N–H and O–H groups in total. The van der Waals surface area contributed by atoms with E-state index in [4.69, 9.17) is 9.47 Å². The number of amides is 2. The molecule has 0 aliphatic carbocycles. The number of nitrogens with zero attached hydrogens (tertiary/aromatic N) is 2. The Morgan fingerprint density at radius 3 is 2.48 bits per heavy atom. The van der Waals surface area contributed by atoms with Gasteiger partial charge in [0.15, 0.2) is 11.5 Å². The summed E-state index contributed by atoms with van der Waals surface area (Å²) in [5.74, 6) is 1.28. The summed E-state index contributed by atoms with van der Waals surface area (Å²) < 4.78 is 10.8. The second-order valence-electron chi connectivity index (χ2n) is 7.96. The average molecular weight is 401 g/mol. The number of carbonyl (C=O) groups excluding carboxylic acids is 2. The second-order valence-corrected chi connectivity index (χ2v) is 7.96. The van der Waals surface area contributed by atoms with Crippen LogP contribution in [0.2, 0.25) is 0 Å². The van der Waals surface area contributed by atoms with Crippen LogP contribution in [0.25, 0.3) is 5.57 Å². The number of hydrogen-bond donors (Lipinski definition) is 0. The van der Waals surface area contributed by atoms with Gasteiger partial charge in [0.1, 0.15) is 5.70 Å². The minimum Gasteiger partial charge on any atom is -0.493 e. The first-order valence-corrected chi connectivity index (χ1v) is 10.6. The van der Waals surface area contributed by atoms with Gasteiger partial charge in [-0.05, 0) is 42.9 Å². The maximum absolute atomic E-state index is 13.3. The number of methoxy groups -OCH3 is 2. The Balaban J connectivity index is 2.03. The molecule has 1 atom stereocenters. The van der Waals surface area contributed by atoms with E-state index in [1.807, 2.05) is 6.07 Å². The lowest BCUT2D eigenvalue weighted by Gasteiger charge is -2.33. The summed E-state index contributed by atoms with van der Waals surface area (Å²) in [5.41, 5.74) is 1.74. The number of imide groups is 1. The average Bonchev–Trinajstić information content (AvgIpc) is 2.98.